The van der Waals surface area contributed by atoms with Gasteiger partial charge in [0.15, 0.2) is 5.76 Å². The lowest BCUT2D eigenvalue weighted by atomic mass is 10.2. The molecular weight excluding hydrogens is 290 g/mol. The van der Waals surface area contributed by atoms with Crippen molar-refractivity contribution in [3.8, 4) is 11.3 Å². The molecule has 1 aromatic heterocycles. The van der Waals surface area contributed by atoms with Gasteiger partial charge in [-0.25, -0.2) is 4.98 Å². The molecule has 0 bridgehead atoms. The summed E-state index contributed by atoms with van der Waals surface area (Å²) in [6.45, 7) is 1.84. The standard InChI is InChI=1S/C15H17N3O2.ClH/c1-10(18-14(19)15(16)7-8-15)13-17-9-12(20-13)11-5-3-2-4-6-11;/h2-6,9-10H,7-8,16H2,1H3,(H,18,19);1H. The Hall–Kier alpha value is -1.85. The summed E-state index contributed by atoms with van der Waals surface area (Å²) in [7, 11) is 0. The number of nitrogens with zero attached hydrogens (tertiary/aromatic N) is 1. The third-order valence-corrected chi connectivity index (χ3v) is 3.54. The van der Waals surface area contributed by atoms with E-state index in [2.05, 4.69) is 10.3 Å². The van der Waals surface area contributed by atoms with Crippen LogP contribution in [-0.4, -0.2) is 16.4 Å². The number of aromatic nitrogens is 1. The van der Waals surface area contributed by atoms with Gasteiger partial charge in [-0.05, 0) is 19.8 Å². The molecule has 0 spiro atoms. The second-order valence-electron chi connectivity index (χ2n) is 5.28. The molecule has 112 valence electrons. The van der Waals surface area contributed by atoms with E-state index in [0.29, 0.717) is 11.7 Å². The number of oxazole rings is 1. The fourth-order valence-electron chi connectivity index (χ4n) is 1.99. The van der Waals surface area contributed by atoms with Gasteiger partial charge in [0.2, 0.25) is 11.8 Å². The molecule has 2 aromatic rings. The van der Waals surface area contributed by atoms with Crippen molar-refractivity contribution < 1.29 is 9.21 Å². The topological polar surface area (TPSA) is 81.2 Å². The van der Waals surface area contributed by atoms with Gasteiger partial charge in [-0.2, -0.15) is 0 Å². The zero-order valence-corrected chi connectivity index (χ0v) is 12.5. The molecule has 1 aliphatic rings. The molecular formula is C15H18ClN3O2. The molecule has 3 N–H and O–H groups in total. The van der Waals surface area contributed by atoms with Gasteiger partial charge < -0.3 is 15.5 Å². The van der Waals surface area contributed by atoms with Gasteiger partial charge in [0, 0.05) is 5.56 Å². The van der Waals surface area contributed by atoms with Crippen molar-refractivity contribution in [2.24, 2.45) is 5.73 Å². The molecule has 21 heavy (non-hydrogen) atoms. The number of nitrogens with one attached hydrogen (secondary N) is 1. The van der Waals surface area contributed by atoms with E-state index < -0.39 is 5.54 Å². The van der Waals surface area contributed by atoms with Gasteiger partial charge in [-0.3, -0.25) is 4.79 Å². The smallest absolute Gasteiger partial charge is 0.240 e. The third-order valence-electron chi connectivity index (χ3n) is 3.54. The van der Waals surface area contributed by atoms with E-state index in [4.69, 9.17) is 10.2 Å². The van der Waals surface area contributed by atoms with Gasteiger partial charge in [0.25, 0.3) is 0 Å². The summed E-state index contributed by atoms with van der Waals surface area (Å²) in [5.41, 5.74) is 6.13. The molecule has 1 aliphatic carbocycles. The number of halogens is 1. The molecule has 0 aliphatic heterocycles. The molecule has 6 heteroatoms. The first-order valence-corrected chi connectivity index (χ1v) is 6.69. The lowest BCUT2D eigenvalue weighted by Gasteiger charge is -2.14. The minimum absolute atomic E-state index is 0. The number of nitrogens with two attached hydrogens (primary N) is 1. The van der Waals surface area contributed by atoms with Crippen molar-refractivity contribution in [3.05, 3.63) is 42.4 Å². The van der Waals surface area contributed by atoms with E-state index in [1.165, 1.54) is 0 Å². The van der Waals surface area contributed by atoms with E-state index in [1.54, 1.807) is 6.20 Å². The highest BCUT2D eigenvalue weighted by Gasteiger charge is 2.46. The SMILES string of the molecule is CC(NC(=O)C1(N)CC1)c1ncc(-c2ccccc2)o1.Cl. The predicted octanol–water partition coefficient (Wildman–Crippen LogP) is 2.43. The van der Waals surface area contributed by atoms with Gasteiger partial charge in [0.05, 0.1) is 11.7 Å². The van der Waals surface area contributed by atoms with Gasteiger partial charge in [-0.1, -0.05) is 30.3 Å². The number of hydrogen-bond acceptors (Lipinski definition) is 4. The monoisotopic (exact) mass is 307 g/mol. The Labute approximate surface area is 129 Å². The molecule has 1 heterocycles. The number of benzene rings is 1. The Kier molecular flexibility index (Phi) is 4.34. The summed E-state index contributed by atoms with van der Waals surface area (Å²) in [4.78, 5) is 16.1. The van der Waals surface area contributed by atoms with Crippen LogP contribution in [0.1, 0.15) is 31.7 Å². The van der Waals surface area contributed by atoms with Crippen LogP contribution in [0.2, 0.25) is 0 Å². The summed E-state index contributed by atoms with van der Waals surface area (Å²) >= 11 is 0. The molecule has 1 saturated carbocycles. The molecule has 5 nitrogen and oxygen atoms in total. The van der Waals surface area contributed by atoms with Gasteiger partial charge in [0.1, 0.15) is 6.04 Å². The zero-order chi connectivity index (χ0) is 14.2. The fraction of sp³-hybridized carbons (Fsp3) is 0.333. The van der Waals surface area contributed by atoms with Crippen LogP contribution in [0.25, 0.3) is 11.3 Å². The zero-order valence-electron chi connectivity index (χ0n) is 11.7. The van der Waals surface area contributed by atoms with Crippen LogP contribution in [0.5, 0.6) is 0 Å². The first-order valence-electron chi connectivity index (χ1n) is 6.69. The maximum Gasteiger partial charge on any atom is 0.240 e. The maximum atomic E-state index is 11.9. The van der Waals surface area contributed by atoms with Crippen LogP contribution in [-0.2, 0) is 4.79 Å². The average Bonchev–Trinajstić information content (AvgIpc) is 3.04. The first kappa shape index (κ1) is 15.5. The van der Waals surface area contributed by atoms with Crippen molar-refractivity contribution in [2.45, 2.75) is 31.3 Å². The van der Waals surface area contributed by atoms with Crippen molar-refractivity contribution in [3.63, 3.8) is 0 Å². The predicted molar refractivity (Wildman–Crippen MR) is 81.9 cm³/mol. The third kappa shape index (κ3) is 3.25. The fourth-order valence-corrected chi connectivity index (χ4v) is 1.99. The molecule has 1 aromatic carbocycles. The van der Waals surface area contributed by atoms with Crippen LogP contribution >= 0.6 is 12.4 Å². The minimum Gasteiger partial charge on any atom is -0.438 e. The molecule has 1 atom stereocenters. The minimum atomic E-state index is -0.677. The maximum absolute atomic E-state index is 11.9. The van der Waals surface area contributed by atoms with Crippen LogP contribution in [0.3, 0.4) is 0 Å². The molecule has 1 fully saturated rings. The quantitative estimate of drug-likeness (QED) is 0.909. The second-order valence-corrected chi connectivity index (χ2v) is 5.28. The van der Waals surface area contributed by atoms with Crippen molar-refractivity contribution >= 4 is 18.3 Å². The summed E-state index contributed by atoms with van der Waals surface area (Å²) in [6.07, 6.45) is 3.15. The van der Waals surface area contributed by atoms with Crippen molar-refractivity contribution in [1.82, 2.24) is 10.3 Å². The molecule has 0 saturated heterocycles. The molecule has 1 unspecified atom stereocenters. The lowest BCUT2D eigenvalue weighted by Crippen LogP contribution is -2.43. The van der Waals surface area contributed by atoms with E-state index in [9.17, 15) is 4.79 Å². The van der Waals surface area contributed by atoms with Crippen molar-refractivity contribution in [1.29, 1.82) is 0 Å². The average molecular weight is 308 g/mol. The lowest BCUT2D eigenvalue weighted by molar-refractivity contribution is -0.124. The summed E-state index contributed by atoms with van der Waals surface area (Å²) < 4.78 is 5.70. The summed E-state index contributed by atoms with van der Waals surface area (Å²) in [5, 5.41) is 2.84. The first-order chi connectivity index (χ1) is 9.58. The Morgan fingerprint density at radius 3 is 2.67 bits per heavy atom. The highest BCUT2D eigenvalue weighted by atomic mass is 35.5. The van der Waals surface area contributed by atoms with Gasteiger partial charge >= 0.3 is 0 Å². The largest absolute Gasteiger partial charge is 0.438 e. The highest BCUT2D eigenvalue weighted by Crippen LogP contribution is 2.33. The number of carbonyl (C=O) groups excluding carboxylic acids is 1. The van der Waals surface area contributed by atoms with E-state index in [0.717, 1.165) is 18.4 Å². The Morgan fingerprint density at radius 1 is 1.38 bits per heavy atom. The van der Waals surface area contributed by atoms with Crippen LogP contribution in [0, 0.1) is 0 Å². The number of hydrogen-bond donors (Lipinski definition) is 2. The highest BCUT2D eigenvalue weighted by molar-refractivity contribution is 5.89. The molecule has 3 rings (SSSR count). The second kappa shape index (κ2) is 5.87. The molecule has 1 amide bonds. The van der Waals surface area contributed by atoms with Gasteiger partial charge in [-0.15, -0.1) is 12.4 Å². The summed E-state index contributed by atoms with van der Waals surface area (Å²) in [6, 6.07) is 9.43. The van der Waals surface area contributed by atoms with Crippen LogP contribution in [0.15, 0.2) is 40.9 Å². The van der Waals surface area contributed by atoms with Crippen LogP contribution in [0.4, 0.5) is 0 Å². The van der Waals surface area contributed by atoms with Crippen molar-refractivity contribution in [2.75, 3.05) is 0 Å². The molecule has 0 radical (unpaired) electrons. The number of rotatable bonds is 4. The Bertz CT molecular complexity index is 623. The number of amides is 1. The van der Waals surface area contributed by atoms with Crippen LogP contribution < -0.4 is 11.1 Å². The Morgan fingerprint density at radius 2 is 2.05 bits per heavy atom. The number of carbonyl (C=O) groups is 1. The Balaban J connectivity index is 0.00000161. The van der Waals surface area contributed by atoms with E-state index >= 15 is 0 Å². The van der Waals surface area contributed by atoms with E-state index in [1.807, 2.05) is 37.3 Å². The van der Waals surface area contributed by atoms with E-state index in [-0.39, 0.29) is 24.4 Å². The summed E-state index contributed by atoms with van der Waals surface area (Å²) in [5.74, 6) is 1.04. The normalized spacial score (nSPS) is 16.7.